The highest BCUT2D eigenvalue weighted by Crippen LogP contribution is 2.36. The van der Waals surface area contributed by atoms with Crippen molar-refractivity contribution in [1.82, 2.24) is 10.2 Å². The Kier molecular flexibility index (Phi) is 4.60. The fourth-order valence-electron chi connectivity index (χ4n) is 2.79. The molecule has 0 spiro atoms. The number of nitrogens with zero attached hydrogens (tertiary/aromatic N) is 1. The molecule has 1 saturated heterocycles. The summed E-state index contributed by atoms with van der Waals surface area (Å²) in [5.74, 6) is 0.223. The van der Waals surface area contributed by atoms with Gasteiger partial charge in [0.05, 0.1) is 5.02 Å². The molecule has 0 bridgehead atoms. The highest BCUT2D eigenvalue weighted by molar-refractivity contribution is 6.30. The van der Waals surface area contributed by atoms with Crippen LogP contribution in [-0.4, -0.2) is 31.6 Å². The zero-order chi connectivity index (χ0) is 13.1. The Hall–Kier alpha value is -0.640. The van der Waals surface area contributed by atoms with E-state index < -0.39 is 0 Å². The van der Waals surface area contributed by atoms with Crippen molar-refractivity contribution < 1.29 is 4.39 Å². The van der Waals surface area contributed by atoms with E-state index in [1.165, 1.54) is 12.5 Å². The monoisotopic (exact) mass is 270 g/mol. The smallest absolute Gasteiger partial charge is 0.141 e. The Bertz CT molecular complexity index is 411. The average molecular weight is 271 g/mol. The van der Waals surface area contributed by atoms with Crippen LogP contribution in [0, 0.1) is 11.7 Å². The summed E-state index contributed by atoms with van der Waals surface area (Å²) < 4.78 is 13.2. The second-order valence-corrected chi connectivity index (χ2v) is 5.36. The molecule has 0 saturated carbocycles. The molecule has 1 heterocycles. The minimum Gasteiger partial charge on any atom is -0.317 e. The Morgan fingerprint density at radius 1 is 1.50 bits per heavy atom. The largest absolute Gasteiger partial charge is 0.317 e. The minimum absolute atomic E-state index is 0.218. The van der Waals surface area contributed by atoms with Gasteiger partial charge in [-0.3, -0.25) is 4.90 Å². The van der Waals surface area contributed by atoms with Crippen LogP contribution >= 0.6 is 11.6 Å². The highest BCUT2D eigenvalue weighted by atomic mass is 35.5. The molecular weight excluding hydrogens is 251 g/mol. The number of benzene rings is 1. The van der Waals surface area contributed by atoms with Crippen LogP contribution in [0.5, 0.6) is 0 Å². The fourth-order valence-corrected chi connectivity index (χ4v) is 2.98. The van der Waals surface area contributed by atoms with Crippen LogP contribution < -0.4 is 5.32 Å². The molecule has 1 aromatic carbocycles. The van der Waals surface area contributed by atoms with Gasteiger partial charge in [0.15, 0.2) is 0 Å². The lowest BCUT2D eigenvalue weighted by molar-refractivity contribution is 0.272. The van der Waals surface area contributed by atoms with Crippen molar-refractivity contribution in [1.29, 1.82) is 0 Å². The first-order valence-electron chi connectivity index (χ1n) is 6.49. The molecule has 1 N–H and O–H groups in total. The lowest BCUT2D eigenvalue weighted by Crippen LogP contribution is -2.28. The predicted molar refractivity (Wildman–Crippen MR) is 73.4 cm³/mol. The highest BCUT2D eigenvalue weighted by Gasteiger charge is 2.32. The van der Waals surface area contributed by atoms with E-state index in [1.54, 1.807) is 6.07 Å². The molecule has 1 aliphatic rings. The van der Waals surface area contributed by atoms with Crippen LogP contribution in [0.25, 0.3) is 0 Å². The Morgan fingerprint density at radius 3 is 2.94 bits per heavy atom. The van der Waals surface area contributed by atoms with Crippen molar-refractivity contribution in [2.24, 2.45) is 5.92 Å². The van der Waals surface area contributed by atoms with E-state index in [-0.39, 0.29) is 10.8 Å². The topological polar surface area (TPSA) is 15.3 Å². The summed E-state index contributed by atoms with van der Waals surface area (Å²) in [5.41, 5.74) is 1.12. The minimum atomic E-state index is -0.343. The van der Waals surface area contributed by atoms with Gasteiger partial charge in [0.25, 0.3) is 0 Å². The number of likely N-dealkylation sites (tertiary alicyclic amines) is 1. The third-order valence-corrected chi connectivity index (χ3v) is 4.01. The molecule has 2 atom stereocenters. The zero-order valence-electron chi connectivity index (χ0n) is 10.9. The van der Waals surface area contributed by atoms with Crippen molar-refractivity contribution in [3.05, 3.63) is 34.6 Å². The van der Waals surface area contributed by atoms with Crippen LogP contribution in [0.3, 0.4) is 0 Å². The van der Waals surface area contributed by atoms with Crippen LogP contribution in [0.15, 0.2) is 18.2 Å². The fraction of sp³-hybridized carbons (Fsp3) is 0.571. The van der Waals surface area contributed by atoms with Crippen molar-refractivity contribution in [3.8, 4) is 0 Å². The van der Waals surface area contributed by atoms with Gasteiger partial charge in [-0.15, -0.1) is 0 Å². The van der Waals surface area contributed by atoms with E-state index in [9.17, 15) is 4.39 Å². The Labute approximate surface area is 113 Å². The normalized spacial score (nSPS) is 24.7. The lowest BCUT2D eigenvalue weighted by Gasteiger charge is -2.26. The average Bonchev–Trinajstić information content (AvgIpc) is 2.71. The molecular formula is C14H20ClFN2. The summed E-state index contributed by atoms with van der Waals surface area (Å²) in [6, 6.07) is 5.42. The maximum atomic E-state index is 13.2. The maximum Gasteiger partial charge on any atom is 0.141 e. The molecule has 1 aliphatic heterocycles. The molecule has 2 unspecified atom stereocenters. The summed E-state index contributed by atoms with van der Waals surface area (Å²) in [6.07, 6.45) is 1.17. The van der Waals surface area contributed by atoms with E-state index in [1.807, 2.05) is 6.07 Å². The first kappa shape index (κ1) is 13.8. The lowest BCUT2D eigenvalue weighted by atomic mass is 9.93. The maximum absolute atomic E-state index is 13.2. The van der Waals surface area contributed by atoms with Gasteiger partial charge in [-0.05, 0) is 56.7 Å². The molecule has 100 valence electrons. The van der Waals surface area contributed by atoms with Gasteiger partial charge in [-0.2, -0.15) is 0 Å². The molecule has 0 aliphatic carbocycles. The zero-order valence-corrected chi connectivity index (χ0v) is 11.7. The standard InChI is InChI=1S/C14H20ClFN2/c1-3-17-9-11-6-7-18(2)14(11)10-4-5-13(16)12(15)8-10/h4-5,8,11,14,17H,3,6-7,9H2,1-2H3. The van der Waals surface area contributed by atoms with Gasteiger partial charge in [-0.25, -0.2) is 4.39 Å². The quantitative estimate of drug-likeness (QED) is 0.905. The predicted octanol–water partition coefficient (Wildman–Crippen LogP) is 3.08. The molecule has 1 aromatic rings. The van der Waals surface area contributed by atoms with Crippen molar-refractivity contribution in [2.75, 3.05) is 26.7 Å². The number of nitrogens with one attached hydrogen (secondary N) is 1. The van der Waals surface area contributed by atoms with Crippen molar-refractivity contribution in [3.63, 3.8) is 0 Å². The number of hydrogen-bond donors (Lipinski definition) is 1. The van der Waals surface area contributed by atoms with E-state index in [0.717, 1.165) is 25.2 Å². The molecule has 0 radical (unpaired) electrons. The number of halogens is 2. The van der Waals surface area contributed by atoms with Crippen LogP contribution in [0.1, 0.15) is 24.9 Å². The molecule has 1 fully saturated rings. The van der Waals surface area contributed by atoms with E-state index in [0.29, 0.717) is 12.0 Å². The number of hydrogen-bond acceptors (Lipinski definition) is 2. The van der Waals surface area contributed by atoms with E-state index in [2.05, 4.69) is 24.2 Å². The first-order valence-corrected chi connectivity index (χ1v) is 6.87. The molecule has 2 nitrogen and oxygen atoms in total. The van der Waals surface area contributed by atoms with Crippen LogP contribution in [0.4, 0.5) is 4.39 Å². The van der Waals surface area contributed by atoms with Gasteiger partial charge in [0.1, 0.15) is 5.82 Å². The van der Waals surface area contributed by atoms with E-state index in [4.69, 9.17) is 11.6 Å². The Morgan fingerprint density at radius 2 is 2.28 bits per heavy atom. The van der Waals surface area contributed by atoms with E-state index >= 15 is 0 Å². The molecule has 0 aromatic heterocycles. The molecule has 0 amide bonds. The summed E-state index contributed by atoms with van der Waals surface area (Å²) >= 11 is 5.88. The third-order valence-electron chi connectivity index (χ3n) is 3.72. The van der Waals surface area contributed by atoms with Gasteiger partial charge in [0, 0.05) is 6.04 Å². The SMILES string of the molecule is CCNCC1CCN(C)C1c1ccc(F)c(Cl)c1. The van der Waals surface area contributed by atoms with Gasteiger partial charge < -0.3 is 5.32 Å². The van der Waals surface area contributed by atoms with Crippen LogP contribution in [-0.2, 0) is 0 Å². The molecule has 4 heteroatoms. The van der Waals surface area contributed by atoms with Crippen molar-refractivity contribution >= 4 is 11.6 Å². The van der Waals surface area contributed by atoms with Crippen LogP contribution in [0.2, 0.25) is 5.02 Å². The number of rotatable bonds is 4. The van der Waals surface area contributed by atoms with Crippen molar-refractivity contribution in [2.45, 2.75) is 19.4 Å². The first-order chi connectivity index (χ1) is 8.63. The summed E-state index contributed by atoms with van der Waals surface area (Å²) in [7, 11) is 2.12. The molecule has 18 heavy (non-hydrogen) atoms. The third kappa shape index (κ3) is 2.85. The van der Waals surface area contributed by atoms with Gasteiger partial charge in [0.2, 0.25) is 0 Å². The summed E-state index contributed by atoms with van der Waals surface area (Å²) in [5, 5.41) is 3.62. The summed E-state index contributed by atoms with van der Waals surface area (Å²) in [6.45, 7) is 5.18. The van der Waals surface area contributed by atoms with Gasteiger partial charge >= 0.3 is 0 Å². The summed E-state index contributed by atoms with van der Waals surface area (Å²) in [4.78, 5) is 2.32. The second-order valence-electron chi connectivity index (χ2n) is 4.96. The Balaban J connectivity index is 2.19. The second kappa shape index (κ2) is 6.00. The molecule has 2 rings (SSSR count). The van der Waals surface area contributed by atoms with Gasteiger partial charge in [-0.1, -0.05) is 24.6 Å².